The van der Waals surface area contributed by atoms with Crippen LogP contribution in [0.1, 0.15) is 93.3 Å². The molecule has 6 heteroatoms. The molecule has 1 saturated heterocycles. The minimum atomic E-state index is -0.115. The number of rotatable bonds is 6. The van der Waals surface area contributed by atoms with Crippen molar-refractivity contribution in [3.63, 3.8) is 0 Å². The smallest absolute Gasteiger partial charge is 0.130 e. The highest BCUT2D eigenvalue weighted by Crippen LogP contribution is 2.44. The van der Waals surface area contributed by atoms with Gasteiger partial charge >= 0.3 is 0 Å². The first-order chi connectivity index (χ1) is 14.3. The van der Waals surface area contributed by atoms with Crippen LogP contribution < -0.4 is 11.1 Å². The summed E-state index contributed by atoms with van der Waals surface area (Å²) in [6.07, 6.45) is 23.7. The third-order valence-corrected chi connectivity index (χ3v) is 7.02. The van der Waals surface area contributed by atoms with E-state index < -0.39 is 0 Å². The van der Waals surface area contributed by atoms with Gasteiger partial charge in [0.15, 0.2) is 0 Å². The van der Waals surface area contributed by atoms with Gasteiger partial charge in [-0.15, -0.1) is 0 Å². The monoisotopic (exact) mass is 394 g/mol. The van der Waals surface area contributed by atoms with Crippen molar-refractivity contribution in [3.05, 3.63) is 48.6 Å². The molecule has 6 nitrogen and oxygen atoms in total. The Morgan fingerprint density at radius 2 is 1.90 bits per heavy atom. The molecular weight excluding hydrogens is 360 g/mol. The quantitative estimate of drug-likeness (QED) is 0.726. The van der Waals surface area contributed by atoms with Crippen LogP contribution in [0.25, 0.3) is 0 Å². The maximum atomic E-state index is 6.60. The van der Waals surface area contributed by atoms with Crippen molar-refractivity contribution in [1.29, 1.82) is 0 Å². The maximum absolute atomic E-state index is 6.60. The van der Waals surface area contributed by atoms with E-state index in [1.807, 2.05) is 12.5 Å². The molecule has 2 aromatic rings. The summed E-state index contributed by atoms with van der Waals surface area (Å²) in [6.45, 7) is 1.12. The molecule has 0 aromatic carbocycles. The van der Waals surface area contributed by atoms with Crippen molar-refractivity contribution in [2.45, 2.75) is 87.9 Å². The molecule has 2 aliphatic carbocycles. The molecule has 3 heterocycles. The summed E-state index contributed by atoms with van der Waals surface area (Å²) in [5.41, 5.74) is 8.02. The second-order valence-corrected chi connectivity index (χ2v) is 9.12. The summed E-state index contributed by atoms with van der Waals surface area (Å²) < 4.78 is 4.78. The lowest BCUT2D eigenvalue weighted by atomic mass is 9.84. The Morgan fingerprint density at radius 1 is 1.07 bits per heavy atom. The summed E-state index contributed by atoms with van der Waals surface area (Å²) in [5.74, 6) is 1.67. The molecular formula is C23H34N6. The van der Waals surface area contributed by atoms with Gasteiger partial charge in [-0.05, 0) is 57.9 Å². The van der Waals surface area contributed by atoms with Crippen LogP contribution in [0.2, 0.25) is 0 Å². The molecule has 2 unspecified atom stereocenters. The summed E-state index contributed by atoms with van der Waals surface area (Å²) >= 11 is 0. The van der Waals surface area contributed by atoms with Crippen LogP contribution in [0.3, 0.4) is 0 Å². The number of nitrogens with one attached hydrogen (secondary N) is 1. The average Bonchev–Trinajstić information content (AvgIpc) is 3.28. The van der Waals surface area contributed by atoms with Crippen molar-refractivity contribution >= 4 is 0 Å². The Bertz CT molecular complexity index is 805. The van der Waals surface area contributed by atoms with E-state index in [1.165, 1.54) is 63.5 Å². The van der Waals surface area contributed by atoms with E-state index in [0.29, 0.717) is 24.0 Å². The Labute approximate surface area is 173 Å². The van der Waals surface area contributed by atoms with Crippen LogP contribution in [0, 0.1) is 0 Å². The third-order valence-electron chi connectivity index (χ3n) is 7.02. The van der Waals surface area contributed by atoms with Crippen LogP contribution in [0.5, 0.6) is 0 Å². The van der Waals surface area contributed by atoms with E-state index in [0.717, 1.165) is 12.4 Å². The molecule has 5 rings (SSSR count). The van der Waals surface area contributed by atoms with Gasteiger partial charge in [0.05, 0.1) is 12.4 Å². The maximum Gasteiger partial charge on any atom is 0.130 e. The molecule has 29 heavy (non-hydrogen) atoms. The van der Waals surface area contributed by atoms with Gasteiger partial charge in [-0.2, -0.15) is 0 Å². The van der Waals surface area contributed by atoms with Gasteiger partial charge in [-0.1, -0.05) is 18.6 Å². The highest BCUT2D eigenvalue weighted by molar-refractivity contribution is 5.20. The molecule has 0 radical (unpaired) electrons. The van der Waals surface area contributed by atoms with Crippen molar-refractivity contribution in [2.75, 3.05) is 6.54 Å². The third kappa shape index (κ3) is 4.19. The zero-order valence-corrected chi connectivity index (χ0v) is 17.3. The molecule has 2 aromatic heterocycles. The molecule has 3 N–H and O–H groups in total. The van der Waals surface area contributed by atoms with Crippen molar-refractivity contribution in [3.8, 4) is 0 Å². The number of hydrogen-bond donors (Lipinski definition) is 2. The molecule has 0 bridgehead atoms. The van der Waals surface area contributed by atoms with Crippen molar-refractivity contribution in [2.24, 2.45) is 5.73 Å². The molecule has 156 valence electrons. The minimum Gasteiger partial charge on any atom is -0.334 e. The van der Waals surface area contributed by atoms with Gasteiger partial charge in [-0.3, -0.25) is 0 Å². The first kappa shape index (κ1) is 19.1. The SMILES string of the molecule is NC(C=CC1CCCCN1)c1ncc(C2CCC(n3ccnc3)CC2)n1C1CC1. The average molecular weight is 395 g/mol. The normalized spacial score (nSPS) is 29.3. The molecule has 3 aliphatic rings. The second kappa shape index (κ2) is 8.44. The number of piperidine rings is 1. The van der Waals surface area contributed by atoms with E-state index in [1.54, 1.807) is 0 Å². The lowest BCUT2D eigenvalue weighted by Gasteiger charge is -2.30. The van der Waals surface area contributed by atoms with Crippen LogP contribution in [-0.4, -0.2) is 31.7 Å². The highest BCUT2D eigenvalue weighted by Gasteiger charge is 2.33. The largest absolute Gasteiger partial charge is 0.334 e. The Hall–Kier alpha value is -1.92. The molecule has 1 aliphatic heterocycles. The van der Waals surface area contributed by atoms with Crippen LogP contribution in [-0.2, 0) is 0 Å². The summed E-state index contributed by atoms with van der Waals surface area (Å²) in [4.78, 5) is 9.05. The van der Waals surface area contributed by atoms with Gasteiger partial charge in [0.1, 0.15) is 5.82 Å². The van der Waals surface area contributed by atoms with Gasteiger partial charge < -0.3 is 20.2 Å². The number of aromatic nitrogens is 4. The minimum absolute atomic E-state index is 0.115. The number of nitrogens with zero attached hydrogens (tertiary/aromatic N) is 4. The van der Waals surface area contributed by atoms with E-state index in [2.05, 4.69) is 44.0 Å². The molecule has 2 atom stereocenters. The number of imidazole rings is 2. The standard InChI is InChI=1S/C23H34N6/c24-21(11-6-18-3-1-2-12-26-18)23-27-15-22(29(23)20-9-10-20)17-4-7-19(8-5-17)28-14-13-25-16-28/h6,11,13-21,26H,1-5,7-10,12,24H2. The van der Waals surface area contributed by atoms with Crippen molar-refractivity contribution < 1.29 is 0 Å². The van der Waals surface area contributed by atoms with Gasteiger partial charge in [0.25, 0.3) is 0 Å². The van der Waals surface area contributed by atoms with E-state index in [4.69, 9.17) is 10.7 Å². The predicted molar refractivity (Wildman–Crippen MR) is 115 cm³/mol. The first-order valence-corrected chi connectivity index (χ1v) is 11.5. The molecule has 0 amide bonds. The molecule has 2 saturated carbocycles. The fraction of sp³-hybridized carbons (Fsp3) is 0.652. The summed E-state index contributed by atoms with van der Waals surface area (Å²) in [7, 11) is 0. The van der Waals surface area contributed by atoms with Crippen LogP contribution >= 0.6 is 0 Å². The Kier molecular flexibility index (Phi) is 5.55. The molecule has 3 fully saturated rings. The zero-order valence-electron chi connectivity index (χ0n) is 17.3. The zero-order chi connectivity index (χ0) is 19.6. The van der Waals surface area contributed by atoms with Crippen molar-refractivity contribution in [1.82, 2.24) is 24.4 Å². The van der Waals surface area contributed by atoms with Gasteiger partial charge in [-0.25, -0.2) is 9.97 Å². The topological polar surface area (TPSA) is 73.7 Å². The van der Waals surface area contributed by atoms with Crippen LogP contribution in [0.4, 0.5) is 0 Å². The number of hydrogen-bond acceptors (Lipinski definition) is 4. The lowest BCUT2D eigenvalue weighted by molar-refractivity contribution is 0.315. The highest BCUT2D eigenvalue weighted by atomic mass is 15.2. The van der Waals surface area contributed by atoms with Gasteiger partial charge in [0.2, 0.25) is 0 Å². The van der Waals surface area contributed by atoms with Gasteiger partial charge in [0, 0.05) is 48.3 Å². The first-order valence-electron chi connectivity index (χ1n) is 11.5. The Morgan fingerprint density at radius 3 is 2.59 bits per heavy atom. The van der Waals surface area contributed by atoms with Crippen LogP contribution in [0.15, 0.2) is 37.1 Å². The van der Waals surface area contributed by atoms with E-state index >= 15 is 0 Å². The molecule has 0 spiro atoms. The fourth-order valence-electron chi connectivity index (χ4n) is 5.21. The number of nitrogens with two attached hydrogens (primary N) is 1. The summed E-state index contributed by atoms with van der Waals surface area (Å²) in [6, 6.07) is 1.56. The summed E-state index contributed by atoms with van der Waals surface area (Å²) in [5, 5.41) is 3.57. The fourth-order valence-corrected chi connectivity index (χ4v) is 5.21. The lowest BCUT2D eigenvalue weighted by Crippen LogP contribution is -2.32. The van der Waals surface area contributed by atoms with E-state index in [9.17, 15) is 0 Å². The van der Waals surface area contributed by atoms with E-state index in [-0.39, 0.29) is 6.04 Å². The second-order valence-electron chi connectivity index (χ2n) is 9.12. The predicted octanol–water partition coefficient (Wildman–Crippen LogP) is 4.01. The Balaban J connectivity index is 1.29.